The molecule has 1 rings (SSSR count). The zero-order valence-corrected chi connectivity index (χ0v) is 13.8. The molecule has 0 aliphatic carbocycles. The summed E-state index contributed by atoms with van der Waals surface area (Å²) in [6, 6.07) is 1.11. The fraction of sp³-hybridized carbons (Fsp3) is 1.00. The van der Waals surface area contributed by atoms with E-state index in [9.17, 15) is 0 Å². The van der Waals surface area contributed by atoms with Crippen LogP contribution in [-0.4, -0.2) is 25.7 Å². The Labute approximate surface area is 96.9 Å². The summed E-state index contributed by atoms with van der Waals surface area (Å²) in [7, 11) is -5.76. The Morgan fingerprint density at radius 1 is 0.800 bits per heavy atom. The molecule has 0 bridgehead atoms. The van der Waals surface area contributed by atoms with Gasteiger partial charge in [0.1, 0.15) is 0 Å². The minimum absolute atomic E-state index is 1.11. The van der Waals surface area contributed by atoms with Gasteiger partial charge in [0.05, 0.1) is 0 Å². The molecule has 0 aromatic heterocycles. The average Bonchev–Trinajstić information content (AvgIpc) is 1.93. The third-order valence-electron chi connectivity index (χ3n) is 2.40. The molecule has 1 saturated heterocycles. The van der Waals surface area contributed by atoms with Crippen molar-refractivity contribution >= 4 is 25.7 Å². The maximum Gasteiger partial charge on any atom is 0.317 e. The lowest BCUT2D eigenvalue weighted by atomic mass is 10.4. The SMILES string of the molecule is CCCC[Si]1(C)O[Si](C)(C)O[Si](C)(C)O1. The topological polar surface area (TPSA) is 27.7 Å². The van der Waals surface area contributed by atoms with E-state index in [4.69, 9.17) is 12.3 Å². The van der Waals surface area contributed by atoms with Crippen molar-refractivity contribution in [1.29, 1.82) is 0 Å². The molecule has 0 saturated carbocycles. The van der Waals surface area contributed by atoms with Crippen LogP contribution in [0.25, 0.3) is 0 Å². The maximum atomic E-state index is 6.17. The minimum atomic E-state index is -1.93. The fourth-order valence-electron chi connectivity index (χ4n) is 2.29. The van der Waals surface area contributed by atoms with Crippen LogP contribution in [0.15, 0.2) is 0 Å². The van der Waals surface area contributed by atoms with Gasteiger partial charge in [0.2, 0.25) is 0 Å². The van der Waals surface area contributed by atoms with E-state index in [-0.39, 0.29) is 0 Å². The van der Waals surface area contributed by atoms with Crippen LogP contribution in [0.3, 0.4) is 0 Å². The van der Waals surface area contributed by atoms with E-state index in [1.54, 1.807) is 0 Å². The first-order chi connectivity index (χ1) is 6.68. The zero-order chi connectivity index (χ0) is 11.7. The molecule has 90 valence electrons. The molecule has 0 N–H and O–H groups in total. The average molecular weight is 265 g/mol. The van der Waals surface area contributed by atoms with Crippen LogP contribution in [-0.2, 0) is 12.3 Å². The van der Waals surface area contributed by atoms with Crippen LogP contribution in [0.5, 0.6) is 0 Å². The van der Waals surface area contributed by atoms with Crippen molar-refractivity contribution in [1.82, 2.24) is 0 Å². The molecule has 1 aliphatic heterocycles. The van der Waals surface area contributed by atoms with E-state index < -0.39 is 25.7 Å². The normalized spacial score (nSPS) is 27.6. The number of hydrogen-bond donors (Lipinski definition) is 0. The van der Waals surface area contributed by atoms with E-state index in [2.05, 4.69) is 39.7 Å². The molecule has 0 radical (unpaired) electrons. The van der Waals surface area contributed by atoms with Gasteiger partial charge in [0.15, 0.2) is 0 Å². The molecule has 0 unspecified atom stereocenters. The Balaban J connectivity index is 2.73. The predicted octanol–water partition coefficient (Wildman–Crippen LogP) is 3.33. The molecule has 0 atom stereocenters. The van der Waals surface area contributed by atoms with Gasteiger partial charge in [0, 0.05) is 0 Å². The Bertz CT molecular complexity index is 215. The van der Waals surface area contributed by atoms with Gasteiger partial charge >= 0.3 is 25.7 Å². The highest BCUT2D eigenvalue weighted by molar-refractivity contribution is 6.92. The summed E-state index contributed by atoms with van der Waals surface area (Å²) in [5, 5.41) is 0. The van der Waals surface area contributed by atoms with E-state index >= 15 is 0 Å². The molecule has 0 amide bonds. The molecule has 0 aromatic carbocycles. The van der Waals surface area contributed by atoms with Crippen LogP contribution in [0.4, 0.5) is 0 Å². The van der Waals surface area contributed by atoms with E-state index in [1.807, 2.05) is 0 Å². The summed E-state index contributed by atoms with van der Waals surface area (Å²) < 4.78 is 18.3. The second kappa shape index (κ2) is 4.42. The van der Waals surface area contributed by atoms with Crippen molar-refractivity contribution < 1.29 is 12.3 Å². The Hall–Kier alpha value is 0.531. The second-order valence-electron chi connectivity index (χ2n) is 5.34. The van der Waals surface area contributed by atoms with E-state index in [0.29, 0.717) is 0 Å². The summed E-state index contributed by atoms with van der Waals surface area (Å²) >= 11 is 0. The molecular formula is C9H24O3Si3. The van der Waals surface area contributed by atoms with Gasteiger partial charge in [-0.3, -0.25) is 0 Å². The first kappa shape index (κ1) is 13.6. The predicted molar refractivity (Wildman–Crippen MR) is 69.6 cm³/mol. The molecule has 1 aliphatic rings. The van der Waals surface area contributed by atoms with Gasteiger partial charge in [-0.2, -0.15) is 0 Å². The third-order valence-corrected chi connectivity index (χ3v) is 15.0. The Kier molecular flexibility index (Phi) is 4.01. The van der Waals surface area contributed by atoms with Crippen LogP contribution in [0.2, 0.25) is 38.8 Å². The van der Waals surface area contributed by atoms with Crippen molar-refractivity contribution in [3.05, 3.63) is 0 Å². The maximum absolute atomic E-state index is 6.17. The minimum Gasteiger partial charge on any atom is -0.416 e. The zero-order valence-electron chi connectivity index (χ0n) is 10.8. The summed E-state index contributed by atoms with van der Waals surface area (Å²) in [5.41, 5.74) is 0. The number of rotatable bonds is 3. The Morgan fingerprint density at radius 2 is 1.27 bits per heavy atom. The summed E-state index contributed by atoms with van der Waals surface area (Å²) in [6.07, 6.45) is 2.41. The van der Waals surface area contributed by atoms with Gasteiger partial charge in [-0.15, -0.1) is 0 Å². The highest BCUT2D eigenvalue weighted by atomic mass is 28.5. The summed E-state index contributed by atoms with van der Waals surface area (Å²) in [5.74, 6) is 0. The molecule has 3 nitrogen and oxygen atoms in total. The van der Waals surface area contributed by atoms with Gasteiger partial charge < -0.3 is 12.3 Å². The smallest absolute Gasteiger partial charge is 0.317 e. The van der Waals surface area contributed by atoms with Gasteiger partial charge in [-0.25, -0.2) is 0 Å². The molecule has 1 heterocycles. The molecular weight excluding hydrogens is 240 g/mol. The lowest BCUT2D eigenvalue weighted by molar-refractivity contribution is 0.231. The van der Waals surface area contributed by atoms with E-state index in [1.165, 1.54) is 12.8 Å². The monoisotopic (exact) mass is 264 g/mol. The number of unbranched alkanes of at least 4 members (excludes halogenated alkanes) is 1. The van der Waals surface area contributed by atoms with Crippen LogP contribution in [0, 0.1) is 0 Å². The lowest BCUT2D eigenvalue weighted by Gasteiger charge is -2.48. The largest absolute Gasteiger partial charge is 0.416 e. The Morgan fingerprint density at radius 3 is 1.67 bits per heavy atom. The van der Waals surface area contributed by atoms with Crippen LogP contribution < -0.4 is 0 Å². The molecule has 1 fully saturated rings. The van der Waals surface area contributed by atoms with Crippen molar-refractivity contribution in [2.24, 2.45) is 0 Å². The third kappa shape index (κ3) is 4.12. The summed E-state index contributed by atoms with van der Waals surface area (Å²) in [4.78, 5) is 0. The van der Waals surface area contributed by atoms with Crippen molar-refractivity contribution in [2.75, 3.05) is 0 Å². The standard InChI is InChI=1S/C9H24O3Si3/c1-7-8-9-15(6)11-13(2,3)10-14(4,5)12-15/h7-9H2,1-6H3. The highest BCUT2D eigenvalue weighted by Gasteiger charge is 2.52. The van der Waals surface area contributed by atoms with Crippen molar-refractivity contribution in [3.8, 4) is 0 Å². The van der Waals surface area contributed by atoms with Crippen LogP contribution >= 0.6 is 0 Å². The lowest BCUT2D eigenvalue weighted by Crippen LogP contribution is -2.65. The molecule has 15 heavy (non-hydrogen) atoms. The van der Waals surface area contributed by atoms with Crippen molar-refractivity contribution in [2.45, 2.75) is 58.5 Å². The molecule has 0 aromatic rings. The van der Waals surface area contributed by atoms with Crippen LogP contribution in [0.1, 0.15) is 19.8 Å². The van der Waals surface area contributed by atoms with Gasteiger partial charge in [0.25, 0.3) is 0 Å². The van der Waals surface area contributed by atoms with Gasteiger partial charge in [-0.05, 0) is 38.8 Å². The van der Waals surface area contributed by atoms with Crippen molar-refractivity contribution in [3.63, 3.8) is 0 Å². The first-order valence-electron chi connectivity index (χ1n) is 5.79. The molecule has 0 spiro atoms. The quantitative estimate of drug-likeness (QED) is 0.732. The second-order valence-corrected chi connectivity index (χ2v) is 16.2. The summed E-state index contributed by atoms with van der Waals surface area (Å²) in [6.45, 7) is 13.0. The van der Waals surface area contributed by atoms with Gasteiger partial charge in [-0.1, -0.05) is 19.8 Å². The first-order valence-corrected chi connectivity index (χ1v) is 13.9. The number of hydrogen-bond acceptors (Lipinski definition) is 3. The highest BCUT2D eigenvalue weighted by Crippen LogP contribution is 2.33. The van der Waals surface area contributed by atoms with E-state index in [0.717, 1.165) is 6.04 Å². The molecule has 6 heteroatoms. The fourth-order valence-corrected chi connectivity index (χ4v) is 18.8.